The molecule has 0 spiro atoms. The predicted octanol–water partition coefficient (Wildman–Crippen LogP) is 3.93. The van der Waals surface area contributed by atoms with Gasteiger partial charge in [-0.25, -0.2) is 0 Å². The van der Waals surface area contributed by atoms with E-state index in [2.05, 4.69) is 58.6 Å². The van der Waals surface area contributed by atoms with Gasteiger partial charge in [0.2, 0.25) is 0 Å². The van der Waals surface area contributed by atoms with Crippen molar-refractivity contribution >= 4 is 11.8 Å². The van der Waals surface area contributed by atoms with Gasteiger partial charge >= 0.3 is 0 Å². The standard InChI is InChI=1S/C13H29NS/c1-7-9-14-12(13(4,5)6)10-15-11(3)8-2/h11-12,14H,7-10H2,1-6H3. The molecule has 0 saturated carbocycles. The highest BCUT2D eigenvalue weighted by molar-refractivity contribution is 7.99. The predicted molar refractivity (Wildman–Crippen MR) is 73.7 cm³/mol. The molecule has 15 heavy (non-hydrogen) atoms. The summed E-state index contributed by atoms with van der Waals surface area (Å²) in [5, 5.41) is 4.46. The van der Waals surface area contributed by atoms with Crippen LogP contribution in [0, 0.1) is 5.41 Å². The number of thioether (sulfide) groups is 1. The minimum atomic E-state index is 0.371. The Morgan fingerprint density at radius 1 is 1.20 bits per heavy atom. The molecule has 2 heteroatoms. The van der Waals surface area contributed by atoms with Gasteiger partial charge in [0.15, 0.2) is 0 Å². The lowest BCUT2D eigenvalue weighted by Gasteiger charge is -2.32. The van der Waals surface area contributed by atoms with E-state index in [1.165, 1.54) is 18.6 Å². The largest absolute Gasteiger partial charge is 0.313 e. The molecule has 1 N–H and O–H groups in total. The van der Waals surface area contributed by atoms with Crippen LogP contribution >= 0.6 is 11.8 Å². The first kappa shape index (κ1) is 15.3. The summed E-state index contributed by atoms with van der Waals surface area (Å²) in [5.41, 5.74) is 0.371. The third kappa shape index (κ3) is 7.24. The summed E-state index contributed by atoms with van der Waals surface area (Å²) in [5.74, 6) is 1.23. The number of hydrogen-bond donors (Lipinski definition) is 1. The van der Waals surface area contributed by atoms with Crippen molar-refractivity contribution in [2.75, 3.05) is 12.3 Å². The van der Waals surface area contributed by atoms with Crippen molar-refractivity contribution in [2.45, 2.75) is 65.7 Å². The Labute approximate surface area is 101 Å². The number of nitrogens with one attached hydrogen (secondary N) is 1. The fourth-order valence-electron chi connectivity index (χ4n) is 1.31. The fourth-order valence-corrected chi connectivity index (χ4v) is 2.69. The average molecular weight is 231 g/mol. The molecule has 1 nitrogen and oxygen atoms in total. The Morgan fingerprint density at radius 2 is 1.80 bits per heavy atom. The van der Waals surface area contributed by atoms with Crippen LogP contribution in [0.25, 0.3) is 0 Å². The van der Waals surface area contributed by atoms with E-state index in [0.29, 0.717) is 11.5 Å². The summed E-state index contributed by atoms with van der Waals surface area (Å²) in [4.78, 5) is 0. The smallest absolute Gasteiger partial charge is 0.0206 e. The lowest BCUT2D eigenvalue weighted by molar-refractivity contribution is 0.291. The molecular weight excluding hydrogens is 202 g/mol. The molecule has 2 unspecified atom stereocenters. The Morgan fingerprint density at radius 3 is 2.20 bits per heavy atom. The second-order valence-electron chi connectivity index (χ2n) is 5.42. The SMILES string of the molecule is CCCNC(CSC(C)CC)C(C)(C)C. The first-order valence-electron chi connectivity index (χ1n) is 6.26. The van der Waals surface area contributed by atoms with E-state index in [1.807, 2.05) is 0 Å². The maximum atomic E-state index is 3.67. The lowest BCUT2D eigenvalue weighted by atomic mass is 9.88. The van der Waals surface area contributed by atoms with Gasteiger partial charge in [0.25, 0.3) is 0 Å². The quantitative estimate of drug-likeness (QED) is 0.712. The van der Waals surface area contributed by atoms with Crippen molar-refractivity contribution in [3.63, 3.8) is 0 Å². The number of hydrogen-bond acceptors (Lipinski definition) is 2. The van der Waals surface area contributed by atoms with E-state index in [1.54, 1.807) is 0 Å². The maximum absolute atomic E-state index is 3.67. The minimum absolute atomic E-state index is 0.371. The van der Waals surface area contributed by atoms with Gasteiger partial charge in [0.1, 0.15) is 0 Å². The van der Waals surface area contributed by atoms with Gasteiger partial charge in [-0.15, -0.1) is 0 Å². The lowest BCUT2D eigenvalue weighted by Crippen LogP contribution is -2.42. The molecule has 0 aromatic carbocycles. The highest BCUT2D eigenvalue weighted by Gasteiger charge is 2.24. The molecule has 0 amide bonds. The summed E-state index contributed by atoms with van der Waals surface area (Å²) < 4.78 is 0. The van der Waals surface area contributed by atoms with E-state index in [4.69, 9.17) is 0 Å². The zero-order valence-corrected chi connectivity index (χ0v) is 12.2. The van der Waals surface area contributed by atoms with Crippen LogP contribution in [0.3, 0.4) is 0 Å². The van der Waals surface area contributed by atoms with E-state index < -0.39 is 0 Å². The van der Waals surface area contributed by atoms with Crippen molar-refractivity contribution in [1.82, 2.24) is 5.32 Å². The van der Waals surface area contributed by atoms with Crippen molar-refractivity contribution < 1.29 is 0 Å². The van der Waals surface area contributed by atoms with Gasteiger partial charge in [-0.2, -0.15) is 11.8 Å². The van der Waals surface area contributed by atoms with E-state index in [9.17, 15) is 0 Å². The summed E-state index contributed by atoms with van der Waals surface area (Å²) in [7, 11) is 0. The summed E-state index contributed by atoms with van der Waals surface area (Å²) in [6.07, 6.45) is 2.50. The molecule has 0 saturated heterocycles. The second-order valence-corrected chi connectivity index (χ2v) is 6.90. The van der Waals surface area contributed by atoms with Crippen molar-refractivity contribution in [3.8, 4) is 0 Å². The highest BCUT2D eigenvalue weighted by atomic mass is 32.2. The normalized spacial score (nSPS) is 16.4. The van der Waals surface area contributed by atoms with Crippen LogP contribution in [0.1, 0.15) is 54.4 Å². The van der Waals surface area contributed by atoms with Gasteiger partial charge in [-0.05, 0) is 24.8 Å². The Hall–Kier alpha value is 0.310. The molecule has 0 aliphatic heterocycles. The van der Waals surface area contributed by atoms with Crippen molar-refractivity contribution in [2.24, 2.45) is 5.41 Å². The minimum Gasteiger partial charge on any atom is -0.313 e. The molecule has 2 atom stereocenters. The summed E-state index contributed by atoms with van der Waals surface area (Å²) in [6, 6.07) is 0.636. The van der Waals surface area contributed by atoms with E-state index >= 15 is 0 Å². The average Bonchev–Trinajstić information content (AvgIpc) is 2.15. The molecular formula is C13H29NS. The van der Waals surface area contributed by atoms with Crippen molar-refractivity contribution in [3.05, 3.63) is 0 Å². The zero-order chi connectivity index (χ0) is 11.9. The Balaban J connectivity index is 4.02. The fraction of sp³-hybridized carbons (Fsp3) is 1.00. The maximum Gasteiger partial charge on any atom is 0.0206 e. The van der Waals surface area contributed by atoms with Gasteiger partial charge in [0, 0.05) is 17.0 Å². The van der Waals surface area contributed by atoms with Crippen LogP contribution in [0.4, 0.5) is 0 Å². The highest BCUT2D eigenvalue weighted by Crippen LogP contribution is 2.25. The van der Waals surface area contributed by atoms with E-state index in [0.717, 1.165) is 11.8 Å². The van der Waals surface area contributed by atoms with Crippen LogP contribution in [0.2, 0.25) is 0 Å². The van der Waals surface area contributed by atoms with Gasteiger partial charge in [-0.1, -0.05) is 41.5 Å². The molecule has 0 radical (unpaired) electrons. The van der Waals surface area contributed by atoms with Gasteiger partial charge in [0.05, 0.1) is 0 Å². The summed E-state index contributed by atoms with van der Waals surface area (Å²) in [6.45, 7) is 15.0. The molecule has 0 aromatic heterocycles. The second kappa shape index (κ2) is 7.56. The third-order valence-electron chi connectivity index (χ3n) is 2.81. The molecule has 0 aliphatic rings. The van der Waals surface area contributed by atoms with Crippen molar-refractivity contribution in [1.29, 1.82) is 0 Å². The molecule has 0 heterocycles. The Kier molecular flexibility index (Phi) is 7.72. The molecule has 0 fully saturated rings. The molecule has 0 rings (SSSR count). The molecule has 0 aliphatic carbocycles. The van der Waals surface area contributed by atoms with Crippen LogP contribution in [0.5, 0.6) is 0 Å². The Bertz CT molecular complexity index is 151. The van der Waals surface area contributed by atoms with Crippen LogP contribution in [-0.2, 0) is 0 Å². The molecule has 0 bridgehead atoms. The first-order chi connectivity index (χ1) is 6.91. The summed E-state index contributed by atoms with van der Waals surface area (Å²) >= 11 is 2.10. The molecule has 0 aromatic rings. The van der Waals surface area contributed by atoms with Gasteiger partial charge < -0.3 is 5.32 Å². The third-order valence-corrected chi connectivity index (χ3v) is 4.24. The van der Waals surface area contributed by atoms with Gasteiger partial charge in [-0.3, -0.25) is 0 Å². The topological polar surface area (TPSA) is 12.0 Å². The van der Waals surface area contributed by atoms with Crippen LogP contribution in [0.15, 0.2) is 0 Å². The monoisotopic (exact) mass is 231 g/mol. The van der Waals surface area contributed by atoms with E-state index in [-0.39, 0.29) is 0 Å². The van der Waals surface area contributed by atoms with Crippen LogP contribution < -0.4 is 5.32 Å². The van der Waals surface area contributed by atoms with Crippen LogP contribution in [-0.4, -0.2) is 23.6 Å². The molecule has 92 valence electrons. The zero-order valence-electron chi connectivity index (χ0n) is 11.4. The first-order valence-corrected chi connectivity index (χ1v) is 7.31. The number of rotatable bonds is 7.